The van der Waals surface area contributed by atoms with Gasteiger partial charge >= 0.3 is 0 Å². The van der Waals surface area contributed by atoms with E-state index in [-0.39, 0.29) is 0 Å². The molecule has 0 atom stereocenters. The van der Waals surface area contributed by atoms with Gasteiger partial charge in [-0.15, -0.1) is 10.2 Å². The first-order chi connectivity index (χ1) is 10.9. The minimum Gasteiger partial charge on any atom is -0.384 e. The summed E-state index contributed by atoms with van der Waals surface area (Å²) in [5, 5.41) is 11.1. The summed E-state index contributed by atoms with van der Waals surface area (Å²) >= 11 is 1.72. The fraction of sp³-hybridized carbons (Fsp3) is 0.375. The van der Waals surface area contributed by atoms with Gasteiger partial charge in [0.2, 0.25) is 0 Å². The Labute approximate surface area is 133 Å². The molecule has 114 valence electrons. The predicted molar refractivity (Wildman–Crippen MR) is 88.2 cm³/mol. The number of methoxy groups -OCH3 is 1. The molecule has 5 nitrogen and oxygen atoms in total. The third kappa shape index (κ3) is 2.42. The Morgan fingerprint density at radius 3 is 3.00 bits per heavy atom. The third-order valence-corrected chi connectivity index (χ3v) is 4.83. The van der Waals surface area contributed by atoms with Gasteiger partial charge in [0.15, 0.2) is 11.0 Å². The number of aromatic nitrogens is 4. The standard InChI is InChI=1S/C16H18N4OS/c1-21-8-9-22-16-19-18-15(20(16)11-6-7-11)13-10-17-14-5-3-2-4-12(13)14/h2-5,10-11,17H,6-9H2,1H3. The molecule has 0 amide bonds. The summed E-state index contributed by atoms with van der Waals surface area (Å²) in [6, 6.07) is 8.87. The summed E-state index contributed by atoms with van der Waals surface area (Å²) in [5.74, 6) is 1.87. The van der Waals surface area contributed by atoms with Crippen molar-refractivity contribution < 1.29 is 4.74 Å². The van der Waals surface area contributed by atoms with Gasteiger partial charge in [-0.2, -0.15) is 0 Å². The highest BCUT2D eigenvalue weighted by Crippen LogP contribution is 2.42. The summed E-state index contributed by atoms with van der Waals surface area (Å²) in [6.07, 6.45) is 4.47. The minimum atomic E-state index is 0.545. The fourth-order valence-electron chi connectivity index (χ4n) is 2.69. The molecule has 0 radical (unpaired) electrons. The predicted octanol–water partition coefficient (Wildman–Crippen LogP) is 3.50. The molecule has 1 N–H and O–H groups in total. The first kappa shape index (κ1) is 13.8. The summed E-state index contributed by atoms with van der Waals surface area (Å²) in [5.41, 5.74) is 2.27. The molecule has 1 aromatic carbocycles. The van der Waals surface area contributed by atoms with E-state index in [4.69, 9.17) is 4.74 Å². The van der Waals surface area contributed by atoms with Gasteiger partial charge in [-0.1, -0.05) is 30.0 Å². The summed E-state index contributed by atoms with van der Waals surface area (Å²) in [6.45, 7) is 0.727. The van der Waals surface area contributed by atoms with Gasteiger partial charge in [0.1, 0.15) is 0 Å². The van der Waals surface area contributed by atoms with E-state index in [1.165, 1.54) is 18.2 Å². The Hall–Kier alpha value is -1.79. The summed E-state index contributed by atoms with van der Waals surface area (Å²) in [4.78, 5) is 3.33. The quantitative estimate of drug-likeness (QED) is 0.559. The van der Waals surface area contributed by atoms with Crippen molar-refractivity contribution in [2.45, 2.75) is 24.0 Å². The van der Waals surface area contributed by atoms with Crippen LogP contribution in [-0.2, 0) is 4.74 Å². The van der Waals surface area contributed by atoms with Crippen molar-refractivity contribution in [3.63, 3.8) is 0 Å². The molecule has 2 heterocycles. The van der Waals surface area contributed by atoms with E-state index >= 15 is 0 Å². The van der Waals surface area contributed by atoms with E-state index in [1.807, 2.05) is 12.3 Å². The molecular weight excluding hydrogens is 296 g/mol. The number of hydrogen-bond acceptors (Lipinski definition) is 4. The highest BCUT2D eigenvalue weighted by Gasteiger charge is 2.30. The minimum absolute atomic E-state index is 0.545. The van der Waals surface area contributed by atoms with E-state index < -0.39 is 0 Å². The zero-order valence-electron chi connectivity index (χ0n) is 12.5. The molecule has 0 bridgehead atoms. The number of fused-ring (bicyclic) bond motifs is 1. The molecule has 0 aliphatic heterocycles. The number of hydrogen-bond donors (Lipinski definition) is 1. The van der Waals surface area contributed by atoms with Gasteiger partial charge in [0, 0.05) is 41.6 Å². The Kier molecular flexibility index (Phi) is 3.63. The van der Waals surface area contributed by atoms with E-state index in [1.54, 1.807) is 18.9 Å². The van der Waals surface area contributed by atoms with Crippen LogP contribution in [-0.4, -0.2) is 39.2 Å². The van der Waals surface area contributed by atoms with Crippen molar-refractivity contribution >= 4 is 22.7 Å². The zero-order chi connectivity index (χ0) is 14.9. The van der Waals surface area contributed by atoms with Crippen LogP contribution in [0.5, 0.6) is 0 Å². The summed E-state index contributed by atoms with van der Waals surface area (Å²) < 4.78 is 7.43. The largest absolute Gasteiger partial charge is 0.384 e. The van der Waals surface area contributed by atoms with Crippen LogP contribution < -0.4 is 0 Å². The van der Waals surface area contributed by atoms with Crippen molar-refractivity contribution in [3.8, 4) is 11.4 Å². The van der Waals surface area contributed by atoms with Crippen molar-refractivity contribution in [2.24, 2.45) is 0 Å². The lowest BCUT2D eigenvalue weighted by Crippen LogP contribution is -2.01. The van der Waals surface area contributed by atoms with Crippen LogP contribution in [0.1, 0.15) is 18.9 Å². The molecule has 1 saturated carbocycles. The number of ether oxygens (including phenoxy) is 1. The first-order valence-corrected chi connectivity index (χ1v) is 8.50. The van der Waals surface area contributed by atoms with Gasteiger partial charge < -0.3 is 9.72 Å². The van der Waals surface area contributed by atoms with E-state index in [9.17, 15) is 0 Å². The van der Waals surface area contributed by atoms with Gasteiger partial charge in [0.25, 0.3) is 0 Å². The van der Waals surface area contributed by atoms with Crippen LogP contribution >= 0.6 is 11.8 Å². The van der Waals surface area contributed by atoms with Gasteiger partial charge in [0.05, 0.1) is 6.61 Å². The molecule has 22 heavy (non-hydrogen) atoms. The number of benzene rings is 1. The van der Waals surface area contributed by atoms with Crippen LogP contribution in [0.4, 0.5) is 0 Å². The third-order valence-electron chi connectivity index (χ3n) is 3.93. The van der Waals surface area contributed by atoms with Gasteiger partial charge in [-0.05, 0) is 18.9 Å². The molecule has 6 heteroatoms. The molecular formula is C16H18N4OS. The normalized spacial score (nSPS) is 14.8. The van der Waals surface area contributed by atoms with Crippen molar-refractivity contribution in [2.75, 3.05) is 19.5 Å². The lowest BCUT2D eigenvalue weighted by molar-refractivity contribution is 0.218. The molecule has 0 saturated heterocycles. The second-order valence-corrected chi connectivity index (χ2v) is 6.56. The number of aromatic amines is 1. The van der Waals surface area contributed by atoms with Crippen molar-refractivity contribution in [1.82, 2.24) is 19.7 Å². The van der Waals surface area contributed by atoms with Crippen molar-refractivity contribution in [3.05, 3.63) is 30.5 Å². The van der Waals surface area contributed by atoms with Crippen molar-refractivity contribution in [1.29, 1.82) is 0 Å². The molecule has 1 fully saturated rings. The maximum absolute atomic E-state index is 5.13. The SMILES string of the molecule is COCCSc1nnc(-c2c[nH]c3ccccc23)n1C1CC1. The highest BCUT2D eigenvalue weighted by molar-refractivity contribution is 7.99. The van der Waals surface area contributed by atoms with Crippen LogP contribution in [0.25, 0.3) is 22.3 Å². The average molecular weight is 314 g/mol. The van der Waals surface area contributed by atoms with Gasteiger partial charge in [-0.3, -0.25) is 4.57 Å². The second-order valence-electron chi connectivity index (χ2n) is 5.50. The van der Waals surface area contributed by atoms with E-state index in [2.05, 4.69) is 37.9 Å². The molecule has 0 spiro atoms. The average Bonchev–Trinajstić information content (AvgIpc) is 3.16. The molecule has 1 aliphatic rings. The van der Waals surface area contributed by atoms with Crippen LogP contribution in [0.2, 0.25) is 0 Å². The number of rotatable bonds is 6. The Morgan fingerprint density at radius 2 is 2.18 bits per heavy atom. The topological polar surface area (TPSA) is 55.7 Å². The number of nitrogens with zero attached hydrogens (tertiary/aromatic N) is 3. The number of thioether (sulfide) groups is 1. The number of nitrogens with one attached hydrogen (secondary N) is 1. The maximum Gasteiger partial charge on any atom is 0.191 e. The molecule has 3 aromatic rings. The highest BCUT2D eigenvalue weighted by atomic mass is 32.2. The second kappa shape index (κ2) is 5.78. The molecule has 4 rings (SSSR count). The summed E-state index contributed by atoms with van der Waals surface area (Å²) in [7, 11) is 1.73. The Balaban J connectivity index is 1.75. The zero-order valence-corrected chi connectivity index (χ0v) is 13.3. The Morgan fingerprint density at radius 1 is 1.32 bits per heavy atom. The smallest absolute Gasteiger partial charge is 0.191 e. The molecule has 2 aromatic heterocycles. The van der Waals surface area contributed by atoms with Crippen LogP contribution in [0, 0.1) is 0 Å². The first-order valence-electron chi connectivity index (χ1n) is 7.51. The number of H-pyrrole nitrogens is 1. The molecule has 1 aliphatic carbocycles. The molecule has 0 unspecified atom stereocenters. The lowest BCUT2D eigenvalue weighted by Gasteiger charge is -2.08. The van der Waals surface area contributed by atoms with Crippen LogP contribution in [0.15, 0.2) is 35.6 Å². The number of para-hydroxylation sites is 1. The maximum atomic E-state index is 5.13. The van der Waals surface area contributed by atoms with Gasteiger partial charge in [-0.25, -0.2) is 0 Å². The lowest BCUT2D eigenvalue weighted by atomic mass is 10.1. The van der Waals surface area contributed by atoms with E-state index in [0.29, 0.717) is 6.04 Å². The fourth-order valence-corrected chi connectivity index (χ4v) is 3.60. The Bertz CT molecular complexity index is 790. The monoisotopic (exact) mass is 314 g/mol. The van der Waals surface area contributed by atoms with Crippen LogP contribution in [0.3, 0.4) is 0 Å². The van der Waals surface area contributed by atoms with E-state index in [0.717, 1.165) is 34.4 Å².